The number of nitrogens with zero attached hydrogens (tertiary/aromatic N) is 3. The summed E-state index contributed by atoms with van der Waals surface area (Å²) in [6, 6.07) is 4.03. The van der Waals surface area contributed by atoms with Gasteiger partial charge in [-0.15, -0.1) is 0 Å². The van der Waals surface area contributed by atoms with Gasteiger partial charge in [0.25, 0.3) is 0 Å². The smallest absolute Gasteiger partial charge is 0.115 e. The number of nitrogens with one attached hydrogen (secondary N) is 1. The highest BCUT2D eigenvalue weighted by atomic mass is 14.9. The van der Waals surface area contributed by atoms with Crippen LogP contribution in [-0.2, 0) is 0 Å². The molecule has 0 saturated heterocycles. The topological polar surface area (TPSA) is 50.7 Å². The largest absolute Gasteiger partial charge is 0.308 e. The molecule has 2 aromatic rings. The van der Waals surface area contributed by atoms with Crippen LogP contribution < -0.4 is 5.32 Å². The van der Waals surface area contributed by atoms with Crippen molar-refractivity contribution >= 4 is 0 Å². The minimum atomic E-state index is 0.0439. The quantitative estimate of drug-likeness (QED) is 0.841. The predicted molar refractivity (Wildman–Crippen MR) is 61.9 cm³/mol. The maximum absolute atomic E-state index is 4.41. The molecule has 4 heteroatoms. The maximum Gasteiger partial charge on any atom is 0.115 e. The molecular weight excluding hydrogens is 200 g/mol. The molecule has 0 spiro atoms. The highest BCUT2D eigenvalue weighted by molar-refractivity contribution is 5.29. The molecule has 1 unspecified atom stereocenters. The summed E-state index contributed by atoms with van der Waals surface area (Å²) in [4.78, 5) is 12.5. The molecule has 82 valence electrons. The minimum absolute atomic E-state index is 0.0439. The molecule has 0 aliphatic carbocycles. The number of hydrogen-bond acceptors (Lipinski definition) is 4. The van der Waals surface area contributed by atoms with Crippen molar-refractivity contribution in [1.29, 1.82) is 0 Å². The Labute approximate surface area is 94.8 Å². The van der Waals surface area contributed by atoms with Crippen LogP contribution in [0.4, 0.5) is 0 Å². The van der Waals surface area contributed by atoms with Crippen LogP contribution in [0.3, 0.4) is 0 Å². The number of rotatable bonds is 3. The lowest BCUT2D eigenvalue weighted by molar-refractivity contribution is 0.660. The molecule has 0 aromatic carbocycles. The first-order valence-electron chi connectivity index (χ1n) is 5.16. The van der Waals surface area contributed by atoms with Gasteiger partial charge in [-0.25, -0.2) is 9.97 Å². The molecule has 1 N–H and O–H groups in total. The van der Waals surface area contributed by atoms with Crippen molar-refractivity contribution in [3.05, 3.63) is 53.9 Å². The first-order valence-corrected chi connectivity index (χ1v) is 5.16. The second-order valence-corrected chi connectivity index (χ2v) is 3.60. The number of aryl methyl sites for hydroxylation is 1. The Morgan fingerprint density at radius 2 is 2.00 bits per heavy atom. The van der Waals surface area contributed by atoms with Crippen molar-refractivity contribution in [2.75, 3.05) is 7.05 Å². The third-order valence-corrected chi connectivity index (χ3v) is 2.53. The molecule has 0 amide bonds. The van der Waals surface area contributed by atoms with E-state index in [0.717, 1.165) is 16.8 Å². The van der Waals surface area contributed by atoms with Crippen LogP contribution in [-0.4, -0.2) is 22.0 Å². The average Bonchev–Trinajstić information content (AvgIpc) is 2.34. The molecule has 0 radical (unpaired) electrons. The molecular formula is C12H14N4. The average molecular weight is 214 g/mol. The summed E-state index contributed by atoms with van der Waals surface area (Å²) in [6.07, 6.45) is 6.95. The van der Waals surface area contributed by atoms with E-state index in [1.54, 1.807) is 6.20 Å². The Hall–Kier alpha value is -1.81. The molecule has 0 aliphatic heterocycles. The molecule has 2 aromatic heterocycles. The van der Waals surface area contributed by atoms with Crippen LogP contribution in [0.5, 0.6) is 0 Å². The van der Waals surface area contributed by atoms with Crippen molar-refractivity contribution < 1.29 is 0 Å². The lowest BCUT2D eigenvalue weighted by Gasteiger charge is -2.16. The van der Waals surface area contributed by atoms with E-state index in [9.17, 15) is 0 Å². The van der Waals surface area contributed by atoms with Crippen LogP contribution in [0.1, 0.15) is 22.9 Å². The van der Waals surface area contributed by atoms with E-state index in [1.807, 2.05) is 25.5 Å². The molecule has 4 nitrogen and oxygen atoms in total. The molecule has 2 heterocycles. The van der Waals surface area contributed by atoms with Gasteiger partial charge in [0.15, 0.2) is 0 Å². The third-order valence-electron chi connectivity index (χ3n) is 2.53. The van der Waals surface area contributed by atoms with Crippen LogP contribution in [0.2, 0.25) is 0 Å². The van der Waals surface area contributed by atoms with Gasteiger partial charge in [0, 0.05) is 24.2 Å². The van der Waals surface area contributed by atoms with Gasteiger partial charge in [-0.2, -0.15) is 0 Å². The van der Waals surface area contributed by atoms with Crippen LogP contribution in [0.25, 0.3) is 0 Å². The van der Waals surface area contributed by atoms with Gasteiger partial charge in [-0.05, 0) is 25.6 Å². The second kappa shape index (κ2) is 4.81. The van der Waals surface area contributed by atoms with E-state index in [4.69, 9.17) is 0 Å². The number of aromatic nitrogens is 3. The van der Waals surface area contributed by atoms with Gasteiger partial charge in [-0.3, -0.25) is 4.98 Å². The second-order valence-electron chi connectivity index (χ2n) is 3.60. The molecule has 16 heavy (non-hydrogen) atoms. The normalized spacial score (nSPS) is 12.4. The molecule has 0 saturated carbocycles. The van der Waals surface area contributed by atoms with Crippen molar-refractivity contribution in [2.45, 2.75) is 13.0 Å². The van der Waals surface area contributed by atoms with Crippen molar-refractivity contribution in [2.24, 2.45) is 0 Å². The Bertz CT molecular complexity index is 456. The first-order chi connectivity index (χ1) is 7.83. The summed E-state index contributed by atoms with van der Waals surface area (Å²) >= 11 is 0. The zero-order chi connectivity index (χ0) is 11.4. The summed E-state index contributed by atoms with van der Waals surface area (Å²) in [5.41, 5.74) is 3.19. The number of pyridine rings is 1. The van der Waals surface area contributed by atoms with Gasteiger partial charge in [0.05, 0.1) is 11.7 Å². The van der Waals surface area contributed by atoms with Gasteiger partial charge in [-0.1, -0.05) is 6.07 Å². The summed E-state index contributed by atoms with van der Waals surface area (Å²) in [5, 5.41) is 3.23. The van der Waals surface area contributed by atoms with Gasteiger partial charge in [0.2, 0.25) is 0 Å². The third kappa shape index (κ3) is 2.06. The van der Waals surface area contributed by atoms with E-state index >= 15 is 0 Å². The lowest BCUT2D eigenvalue weighted by Crippen LogP contribution is -2.20. The SMILES string of the molecule is CNC(c1cncnc1)c1ncccc1C. The van der Waals surface area contributed by atoms with E-state index in [1.165, 1.54) is 6.33 Å². The minimum Gasteiger partial charge on any atom is -0.308 e. The standard InChI is InChI=1S/C12H14N4/c1-9-4-3-5-16-11(9)12(13-2)10-6-14-8-15-7-10/h3-8,12-13H,1-2H3. The summed E-state index contributed by atoms with van der Waals surface area (Å²) in [6.45, 7) is 2.05. The molecule has 0 bridgehead atoms. The van der Waals surface area contributed by atoms with Gasteiger partial charge in [0.1, 0.15) is 6.33 Å². The summed E-state index contributed by atoms with van der Waals surface area (Å²) < 4.78 is 0. The molecule has 2 rings (SSSR count). The highest BCUT2D eigenvalue weighted by Gasteiger charge is 2.15. The fourth-order valence-corrected chi connectivity index (χ4v) is 1.72. The highest BCUT2D eigenvalue weighted by Crippen LogP contribution is 2.20. The number of hydrogen-bond donors (Lipinski definition) is 1. The predicted octanol–water partition coefficient (Wildman–Crippen LogP) is 1.49. The van der Waals surface area contributed by atoms with E-state index in [-0.39, 0.29) is 6.04 Å². The van der Waals surface area contributed by atoms with Crippen molar-refractivity contribution in [3.63, 3.8) is 0 Å². The van der Waals surface area contributed by atoms with Gasteiger partial charge < -0.3 is 5.32 Å². The van der Waals surface area contributed by atoms with E-state index in [0.29, 0.717) is 0 Å². The van der Waals surface area contributed by atoms with E-state index < -0.39 is 0 Å². The Balaban J connectivity index is 2.41. The Morgan fingerprint density at radius 3 is 2.62 bits per heavy atom. The Morgan fingerprint density at radius 1 is 1.25 bits per heavy atom. The van der Waals surface area contributed by atoms with Gasteiger partial charge >= 0.3 is 0 Å². The molecule has 1 atom stereocenters. The van der Waals surface area contributed by atoms with Crippen LogP contribution in [0, 0.1) is 6.92 Å². The fraction of sp³-hybridized carbons (Fsp3) is 0.250. The summed E-state index contributed by atoms with van der Waals surface area (Å²) in [5.74, 6) is 0. The zero-order valence-electron chi connectivity index (χ0n) is 9.38. The van der Waals surface area contributed by atoms with Crippen LogP contribution >= 0.6 is 0 Å². The fourth-order valence-electron chi connectivity index (χ4n) is 1.72. The lowest BCUT2D eigenvalue weighted by atomic mass is 10.0. The molecule has 0 fully saturated rings. The van der Waals surface area contributed by atoms with Crippen molar-refractivity contribution in [1.82, 2.24) is 20.3 Å². The van der Waals surface area contributed by atoms with E-state index in [2.05, 4.69) is 33.3 Å². The Kier molecular flexibility index (Phi) is 3.22. The zero-order valence-corrected chi connectivity index (χ0v) is 9.38. The van der Waals surface area contributed by atoms with Crippen LogP contribution in [0.15, 0.2) is 37.1 Å². The first kappa shape index (κ1) is 10.7. The monoisotopic (exact) mass is 214 g/mol. The maximum atomic E-state index is 4.41. The van der Waals surface area contributed by atoms with Crippen molar-refractivity contribution in [3.8, 4) is 0 Å². The summed E-state index contributed by atoms with van der Waals surface area (Å²) in [7, 11) is 1.91. The molecule has 0 aliphatic rings.